The second-order valence-electron chi connectivity index (χ2n) is 5.08. The van der Waals surface area contributed by atoms with Gasteiger partial charge in [0, 0.05) is 6.04 Å². The smallest absolute Gasteiger partial charge is 0.00932 e. The minimum atomic E-state index is 0.648. The standard InChI is InChI=1S/C16H27N/c1-5-11-17-16(6-2)14(4)12-15-10-8-7-9-13(15)3/h7-10,14,16-17H,5-6,11-12H2,1-4H3. The average molecular weight is 233 g/mol. The number of nitrogens with one attached hydrogen (secondary N) is 1. The molecule has 0 saturated heterocycles. The number of hydrogen-bond acceptors (Lipinski definition) is 1. The molecule has 0 aliphatic heterocycles. The van der Waals surface area contributed by atoms with Crippen molar-refractivity contribution >= 4 is 0 Å². The maximum Gasteiger partial charge on any atom is 0.00932 e. The Hall–Kier alpha value is -0.820. The van der Waals surface area contributed by atoms with Crippen molar-refractivity contribution in [2.45, 2.75) is 53.0 Å². The summed E-state index contributed by atoms with van der Waals surface area (Å²) in [7, 11) is 0. The van der Waals surface area contributed by atoms with Gasteiger partial charge in [0.05, 0.1) is 0 Å². The zero-order valence-corrected chi connectivity index (χ0v) is 11.8. The Balaban J connectivity index is 2.57. The molecule has 0 fully saturated rings. The summed E-state index contributed by atoms with van der Waals surface area (Å²) in [6.07, 6.45) is 3.61. The van der Waals surface area contributed by atoms with Gasteiger partial charge in [0.1, 0.15) is 0 Å². The van der Waals surface area contributed by atoms with Crippen LogP contribution in [0.2, 0.25) is 0 Å². The third-order valence-electron chi connectivity index (χ3n) is 3.59. The first kappa shape index (κ1) is 14.2. The van der Waals surface area contributed by atoms with Gasteiger partial charge >= 0.3 is 0 Å². The minimum Gasteiger partial charge on any atom is -0.314 e. The summed E-state index contributed by atoms with van der Waals surface area (Å²) >= 11 is 0. The van der Waals surface area contributed by atoms with Gasteiger partial charge in [0.15, 0.2) is 0 Å². The maximum absolute atomic E-state index is 3.66. The first-order valence-electron chi connectivity index (χ1n) is 6.96. The molecule has 1 aromatic rings. The quantitative estimate of drug-likeness (QED) is 0.752. The lowest BCUT2D eigenvalue weighted by Gasteiger charge is -2.24. The predicted molar refractivity (Wildman–Crippen MR) is 76.4 cm³/mol. The number of aryl methyl sites for hydroxylation is 1. The summed E-state index contributed by atoms with van der Waals surface area (Å²) in [6, 6.07) is 9.39. The Morgan fingerprint density at radius 3 is 2.47 bits per heavy atom. The normalized spacial score (nSPS) is 14.6. The topological polar surface area (TPSA) is 12.0 Å². The van der Waals surface area contributed by atoms with Gasteiger partial charge in [0.25, 0.3) is 0 Å². The molecule has 2 unspecified atom stereocenters. The van der Waals surface area contributed by atoms with Gasteiger partial charge in [-0.05, 0) is 49.8 Å². The van der Waals surface area contributed by atoms with Crippen LogP contribution in [0.15, 0.2) is 24.3 Å². The average Bonchev–Trinajstić information content (AvgIpc) is 2.33. The van der Waals surface area contributed by atoms with Crippen LogP contribution in [0.4, 0.5) is 0 Å². The van der Waals surface area contributed by atoms with Crippen molar-refractivity contribution in [3.8, 4) is 0 Å². The zero-order valence-electron chi connectivity index (χ0n) is 11.8. The highest BCUT2D eigenvalue weighted by Crippen LogP contribution is 2.17. The van der Waals surface area contributed by atoms with Crippen molar-refractivity contribution in [2.24, 2.45) is 5.92 Å². The summed E-state index contributed by atoms with van der Waals surface area (Å²) < 4.78 is 0. The maximum atomic E-state index is 3.66. The van der Waals surface area contributed by atoms with E-state index >= 15 is 0 Å². The van der Waals surface area contributed by atoms with Crippen LogP contribution >= 0.6 is 0 Å². The number of rotatable bonds is 7. The molecule has 17 heavy (non-hydrogen) atoms. The Kier molecular flexibility index (Phi) is 6.28. The van der Waals surface area contributed by atoms with Crippen LogP contribution in [0.5, 0.6) is 0 Å². The molecule has 1 rings (SSSR count). The Morgan fingerprint density at radius 2 is 1.88 bits per heavy atom. The molecule has 0 heterocycles. The second kappa shape index (κ2) is 7.50. The molecule has 1 aromatic carbocycles. The van der Waals surface area contributed by atoms with Gasteiger partial charge in [-0.25, -0.2) is 0 Å². The van der Waals surface area contributed by atoms with Gasteiger partial charge in [-0.3, -0.25) is 0 Å². The van der Waals surface area contributed by atoms with Crippen molar-refractivity contribution in [3.63, 3.8) is 0 Å². The van der Waals surface area contributed by atoms with E-state index in [4.69, 9.17) is 0 Å². The molecule has 0 amide bonds. The predicted octanol–water partition coefficient (Wildman–Crippen LogP) is 3.95. The largest absolute Gasteiger partial charge is 0.314 e. The fourth-order valence-electron chi connectivity index (χ4n) is 2.41. The summed E-state index contributed by atoms with van der Waals surface area (Å²) in [4.78, 5) is 0. The highest BCUT2D eigenvalue weighted by Gasteiger charge is 2.15. The SMILES string of the molecule is CCCNC(CC)C(C)Cc1ccccc1C. The Morgan fingerprint density at radius 1 is 1.18 bits per heavy atom. The molecule has 0 radical (unpaired) electrons. The molecule has 0 bridgehead atoms. The molecule has 1 N–H and O–H groups in total. The van der Waals surface area contributed by atoms with Crippen LogP contribution in [0.3, 0.4) is 0 Å². The first-order valence-corrected chi connectivity index (χ1v) is 6.96. The molecule has 0 spiro atoms. The monoisotopic (exact) mass is 233 g/mol. The third-order valence-corrected chi connectivity index (χ3v) is 3.59. The third kappa shape index (κ3) is 4.51. The van der Waals surface area contributed by atoms with Crippen molar-refractivity contribution in [3.05, 3.63) is 35.4 Å². The molecule has 2 atom stereocenters. The van der Waals surface area contributed by atoms with E-state index in [2.05, 4.69) is 57.3 Å². The molecule has 0 aliphatic rings. The van der Waals surface area contributed by atoms with Crippen LogP contribution < -0.4 is 5.32 Å². The van der Waals surface area contributed by atoms with E-state index in [0.717, 1.165) is 6.54 Å². The number of benzene rings is 1. The number of hydrogen-bond donors (Lipinski definition) is 1. The molecule has 96 valence electrons. The van der Waals surface area contributed by atoms with Gasteiger partial charge in [-0.2, -0.15) is 0 Å². The van der Waals surface area contributed by atoms with E-state index in [1.807, 2.05) is 0 Å². The van der Waals surface area contributed by atoms with E-state index in [9.17, 15) is 0 Å². The van der Waals surface area contributed by atoms with Crippen molar-refractivity contribution in [1.82, 2.24) is 5.32 Å². The van der Waals surface area contributed by atoms with E-state index in [0.29, 0.717) is 12.0 Å². The van der Waals surface area contributed by atoms with Crippen LogP contribution in [0.25, 0.3) is 0 Å². The van der Waals surface area contributed by atoms with Gasteiger partial charge < -0.3 is 5.32 Å². The highest BCUT2D eigenvalue weighted by molar-refractivity contribution is 5.26. The van der Waals surface area contributed by atoms with Crippen molar-refractivity contribution < 1.29 is 0 Å². The molecule has 0 saturated carbocycles. The summed E-state index contributed by atoms with van der Waals surface area (Å²) in [5.74, 6) is 0.702. The molecular formula is C16H27N. The molecule has 1 nitrogen and oxygen atoms in total. The van der Waals surface area contributed by atoms with Crippen LogP contribution in [0.1, 0.15) is 44.7 Å². The molecular weight excluding hydrogens is 206 g/mol. The van der Waals surface area contributed by atoms with Crippen molar-refractivity contribution in [1.29, 1.82) is 0 Å². The van der Waals surface area contributed by atoms with Crippen LogP contribution in [-0.4, -0.2) is 12.6 Å². The Bertz CT molecular complexity index is 319. The minimum absolute atomic E-state index is 0.648. The van der Waals surface area contributed by atoms with E-state index in [-0.39, 0.29) is 0 Å². The summed E-state index contributed by atoms with van der Waals surface area (Å²) in [5.41, 5.74) is 2.92. The lowest BCUT2D eigenvalue weighted by molar-refractivity contribution is 0.364. The lowest BCUT2D eigenvalue weighted by Crippen LogP contribution is -2.35. The van der Waals surface area contributed by atoms with Gasteiger partial charge in [0.2, 0.25) is 0 Å². The Labute approximate surface area is 107 Å². The van der Waals surface area contributed by atoms with Crippen LogP contribution in [-0.2, 0) is 6.42 Å². The molecule has 1 heteroatoms. The summed E-state index contributed by atoms with van der Waals surface area (Å²) in [5, 5.41) is 3.66. The fraction of sp³-hybridized carbons (Fsp3) is 0.625. The first-order chi connectivity index (χ1) is 8.19. The van der Waals surface area contributed by atoms with E-state index in [1.54, 1.807) is 0 Å². The fourth-order valence-corrected chi connectivity index (χ4v) is 2.41. The lowest BCUT2D eigenvalue weighted by atomic mass is 9.90. The zero-order chi connectivity index (χ0) is 12.7. The highest BCUT2D eigenvalue weighted by atomic mass is 14.9. The van der Waals surface area contributed by atoms with Crippen molar-refractivity contribution in [2.75, 3.05) is 6.54 Å². The second-order valence-corrected chi connectivity index (χ2v) is 5.08. The van der Waals surface area contributed by atoms with E-state index < -0.39 is 0 Å². The van der Waals surface area contributed by atoms with Gasteiger partial charge in [-0.1, -0.05) is 45.0 Å². The van der Waals surface area contributed by atoms with Crippen LogP contribution in [0, 0.1) is 12.8 Å². The summed E-state index contributed by atoms with van der Waals surface area (Å²) in [6.45, 7) is 10.2. The van der Waals surface area contributed by atoms with Gasteiger partial charge in [-0.15, -0.1) is 0 Å². The molecule has 0 aromatic heterocycles. The van der Waals surface area contributed by atoms with E-state index in [1.165, 1.54) is 30.4 Å². The molecule has 0 aliphatic carbocycles.